The average Bonchev–Trinajstić information content (AvgIpc) is 2.76. The van der Waals surface area contributed by atoms with Crippen LogP contribution in [0.3, 0.4) is 0 Å². The minimum Gasteiger partial charge on any atom is -0.200 e. The van der Waals surface area contributed by atoms with Gasteiger partial charge in [0, 0.05) is 4.88 Å². The van der Waals surface area contributed by atoms with Gasteiger partial charge in [0.15, 0.2) is 0 Å². The van der Waals surface area contributed by atoms with Crippen LogP contribution < -0.4 is 4.83 Å². The van der Waals surface area contributed by atoms with Gasteiger partial charge in [0.1, 0.15) is 0 Å². The van der Waals surface area contributed by atoms with E-state index in [9.17, 15) is 8.42 Å². The summed E-state index contributed by atoms with van der Waals surface area (Å²) in [5.74, 6) is 0. The molecule has 0 aliphatic carbocycles. The zero-order valence-corrected chi connectivity index (χ0v) is 11.5. The van der Waals surface area contributed by atoms with Crippen molar-refractivity contribution < 1.29 is 8.42 Å². The van der Waals surface area contributed by atoms with E-state index in [1.165, 1.54) is 29.7 Å². The fourth-order valence-electron chi connectivity index (χ4n) is 1.21. The lowest BCUT2D eigenvalue weighted by Gasteiger charge is -2.01. The smallest absolute Gasteiger partial charge is 0.200 e. The van der Waals surface area contributed by atoms with Crippen molar-refractivity contribution in [1.82, 2.24) is 4.83 Å². The Bertz CT molecular complexity index is 651. The van der Waals surface area contributed by atoms with Gasteiger partial charge in [0.2, 0.25) is 0 Å². The first-order valence-electron chi connectivity index (χ1n) is 4.93. The highest BCUT2D eigenvalue weighted by molar-refractivity contribution is 7.89. The van der Waals surface area contributed by atoms with Gasteiger partial charge in [0.05, 0.1) is 15.4 Å². The molecular weight excluding hydrogens is 292 g/mol. The van der Waals surface area contributed by atoms with E-state index in [4.69, 9.17) is 11.6 Å². The van der Waals surface area contributed by atoms with E-state index in [0.717, 1.165) is 4.88 Å². The molecule has 0 fully saturated rings. The average molecular weight is 301 g/mol. The number of benzene rings is 1. The fraction of sp³-hybridized carbons (Fsp3) is 0. The highest BCUT2D eigenvalue weighted by Crippen LogP contribution is 2.19. The fourth-order valence-corrected chi connectivity index (χ4v) is 2.95. The number of nitrogens with one attached hydrogen (secondary N) is 1. The summed E-state index contributed by atoms with van der Waals surface area (Å²) in [6.07, 6.45) is 1.41. The molecule has 2 aromatic rings. The SMILES string of the molecule is O=S(=O)(NN=Cc1ccc(Cl)s1)c1ccccc1. The lowest BCUT2D eigenvalue weighted by atomic mass is 10.4. The van der Waals surface area contributed by atoms with Crippen LogP contribution in [0.2, 0.25) is 4.34 Å². The molecule has 0 atom stereocenters. The molecule has 1 heterocycles. The molecular formula is C11H9ClN2O2S2. The Morgan fingerprint density at radius 2 is 1.89 bits per heavy atom. The maximum absolute atomic E-state index is 11.8. The van der Waals surface area contributed by atoms with E-state index in [1.54, 1.807) is 30.3 Å². The normalized spacial score (nSPS) is 11.8. The number of sulfonamides is 1. The Morgan fingerprint density at radius 1 is 1.17 bits per heavy atom. The molecule has 1 aromatic heterocycles. The number of thiophene rings is 1. The number of hydrazone groups is 1. The van der Waals surface area contributed by atoms with E-state index in [0.29, 0.717) is 4.34 Å². The lowest BCUT2D eigenvalue weighted by molar-refractivity contribution is 0.584. The van der Waals surface area contributed by atoms with E-state index < -0.39 is 10.0 Å². The summed E-state index contributed by atoms with van der Waals surface area (Å²) in [5, 5.41) is 3.69. The molecule has 0 saturated heterocycles. The van der Waals surface area contributed by atoms with E-state index >= 15 is 0 Å². The van der Waals surface area contributed by atoms with Gasteiger partial charge < -0.3 is 0 Å². The lowest BCUT2D eigenvalue weighted by Crippen LogP contribution is -2.18. The van der Waals surface area contributed by atoms with Crippen molar-refractivity contribution in [3.05, 3.63) is 51.7 Å². The van der Waals surface area contributed by atoms with Crippen LogP contribution in [-0.2, 0) is 10.0 Å². The molecule has 4 nitrogen and oxygen atoms in total. The van der Waals surface area contributed by atoms with E-state index in [1.807, 2.05) is 0 Å². The zero-order chi connectivity index (χ0) is 13.0. The summed E-state index contributed by atoms with van der Waals surface area (Å²) >= 11 is 7.06. The largest absolute Gasteiger partial charge is 0.276 e. The predicted octanol–water partition coefficient (Wildman–Crippen LogP) is 2.71. The maximum atomic E-state index is 11.8. The molecule has 0 amide bonds. The molecule has 0 aliphatic rings. The van der Waals surface area contributed by atoms with E-state index in [2.05, 4.69) is 9.93 Å². The second-order valence-corrected chi connectivity index (χ2v) is 6.72. The van der Waals surface area contributed by atoms with Crippen molar-refractivity contribution in [2.24, 2.45) is 5.10 Å². The van der Waals surface area contributed by atoms with Crippen LogP contribution >= 0.6 is 22.9 Å². The van der Waals surface area contributed by atoms with Crippen LogP contribution in [-0.4, -0.2) is 14.6 Å². The first-order chi connectivity index (χ1) is 8.58. The second kappa shape index (κ2) is 5.51. The minimum atomic E-state index is -3.60. The zero-order valence-electron chi connectivity index (χ0n) is 9.08. The van der Waals surface area contributed by atoms with Gasteiger partial charge in [-0.15, -0.1) is 11.3 Å². The van der Waals surface area contributed by atoms with Crippen LogP contribution in [0.4, 0.5) is 0 Å². The van der Waals surface area contributed by atoms with Gasteiger partial charge in [-0.05, 0) is 24.3 Å². The first kappa shape index (κ1) is 13.1. The van der Waals surface area contributed by atoms with Crippen LogP contribution in [0.15, 0.2) is 52.5 Å². The summed E-state index contributed by atoms with van der Waals surface area (Å²) in [7, 11) is -3.60. The van der Waals surface area contributed by atoms with Crippen molar-refractivity contribution in [3.63, 3.8) is 0 Å². The number of hydrogen-bond acceptors (Lipinski definition) is 4. The van der Waals surface area contributed by atoms with Crippen molar-refractivity contribution in [2.45, 2.75) is 4.90 Å². The Hall–Kier alpha value is -1.37. The third-order valence-electron chi connectivity index (χ3n) is 2.01. The Labute approximate surface area is 114 Å². The van der Waals surface area contributed by atoms with Crippen LogP contribution in [0, 0.1) is 0 Å². The third kappa shape index (κ3) is 3.32. The first-order valence-corrected chi connectivity index (χ1v) is 7.61. The Kier molecular flexibility index (Phi) is 4.00. The molecule has 0 aliphatic heterocycles. The standard InChI is InChI=1S/C11H9ClN2O2S2/c12-11-7-6-9(17-11)8-13-14-18(15,16)10-4-2-1-3-5-10/h1-8,14H. The summed E-state index contributed by atoms with van der Waals surface area (Å²) in [5.41, 5.74) is 0. The van der Waals surface area contributed by atoms with Crippen molar-refractivity contribution >= 4 is 39.2 Å². The Morgan fingerprint density at radius 3 is 2.50 bits per heavy atom. The highest BCUT2D eigenvalue weighted by Gasteiger charge is 2.10. The molecule has 1 N–H and O–H groups in total. The monoisotopic (exact) mass is 300 g/mol. The quantitative estimate of drug-likeness (QED) is 0.697. The van der Waals surface area contributed by atoms with Gasteiger partial charge in [-0.1, -0.05) is 29.8 Å². The summed E-state index contributed by atoms with van der Waals surface area (Å²) < 4.78 is 24.2. The second-order valence-electron chi connectivity index (χ2n) is 3.31. The molecule has 0 unspecified atom stereocenters. The van der Waals surface area contributed by atoms with Crippen molar-refractivity contribution in [2.75, 3.05) is 0 Å². The van der Waals surface area contributed by atoms with Crippen LogP contribution in [0.25, 0.3) is 0 Å². The molecule has 7 heteroatoms. The van der Waals surface area contributed by atoms with Gasteiger partial charge in [-0.25, -0.2) is 4.83 Å². The molecule has 1 aromatic carbocycles. The van der Waals surface area contributed by atoms with Gasteiger partial charge in [-0.2, -0.15) is 13.5 Å². The molecule has 0 spiro atoms. The predicted molar refractivity (Wildman–Crippen MR) is 73.7 cm³/mol. The molecule has 0 saturated carbocycles. The van der Waals surface area contributed by atoms with Crippen molar-refractivity contribution in [3.8, 4) is 0 Å². The van der Waals surface area contributed by atoms with Gasteiger partial charge in [0.25, 0.3) is 10.0 Å². The highest BCUT2D eigenvalue weighted by atomic mass is 35.5. The molecule has 18 heavy (non-hydrogen) atoms. The van der Waals surface area contributed by atoms with E-state index in [-0.39, 0.29) is 4.90 Å². The molecule has 0 radical (unpaired) electrons. The van der Waals surface area contributed by atoms with Crippen LogP contribution in [0.5, 0.6) is 0 Å². The molecule has 2 rings (SSSR count). The number of halogens is 1. The summed E-state index contributed by atoms with van der Waals surface area (Å²) in [4.78, 5) is 3.08. The van der Waals surface area contributed by atoms with Gasteiger partial charge >= 0.3 is 0 Å². The number of hydrogen-bond donors (Lipinski definition) is 1. The maximum Gasteiger partial charge on any atom is 0.276 e. The Balaban J connectivity index is 2.08. The topological polar surface area (TPSA) is 58.5 Å². The van der Waals surface area contributed by atoms with Gasteiger partial charge in [-0.3, -0.25) is 0 Å². The number of nitrogens with zero attached hydrogens (tertiary/aromatic N) is 1. The summed E-state index contributed by atoms with van der Waals surface area (Å²) in [6.45, 7) is 0. The minimum absolute atomic E-state index is 0.173. The molecule has 0 bridgehead atoms. The third-order valence-corrected chi connectivity index (χ3v) is 4.42. The van der Waals surface area contributed by atoms with Crippen molar-refractivity contribution in [1.29, 1.82) is 0 Å². The number of rotatable bonds is 4. The summed E-state index contributed by atoms with van der Waals surface area (Å²) in [6, 6.07) is 11.5. The van der Waals surface area contributed by atoms with Crippen LogP contribution in [0.1, 0.15) is 4.88 Å². The molecule has 94 valence electrons.